The van der Waals surface area contributed by atoms with Crippen molar-refractivity contribution in [2.24, 2.45) is 0 Å². The van der Waals surface area contributed by atoms with E-state index in [1.807, 2.05) is 24.3 Å². The average molecular weight is 365 g/mol. The maximum atomic E-state index is 5.55. The molecule has 0 amide bonds. The Labute approximate surface area is 103 Å². The number of halogens is 2. The molecule has 0 unspecified atom stereocenters. The zero-order valence-electron chi connectivity index (χ0n) is 7.00. The molecule has 0 radical (unpaired) electrons. The van der Waals surface area contributed by atoms with E-state index in [0.29, 0.717) is 16.1 Å². The zero-order valence-corrected chi connectivity index (χ0v) is 10.7. The first-order valence-corrected chi connectivity index (χ1v) is 5.72. The lowest BCUT2D eigenvalue weighted by molar-refractivity contribution is 0.435. The Morgan fingerprint density at radius 1 is 1.29 bits per heavy atom. The summed E-state index contributed by atoms with van der Waals surface area (Å²) in [5.74, 6) is 1.04. The van der Waals surface area contributed by atoms with Crippen LogP contribution in [0.2, 0.25) is 0 Å². The van der Waals surface area contributed by atoms with Gasteiger partial charge in [-0.2, -0.15) is 0 Å². The van der Waals surface area contributed by atoms with Gasteiger partial charge in [-0.15, -0.1) is 0 Å². The highest BCUT2D eigenvalue weighted by molar-refractivity contribution is 14.1. The van der Waals surface area contributed by atoms with Gasteiger partial charge >= 0.3 is 0 Å². The minimum atomic E-state index is 0.374. The van der Waals surface area contributed by atoms with Gasteiger partial charge in [0.2, 0.25) is 0 Å². The van der Waals surface area contributed by atoms with E-state index in [-0.39, 0.29) is 0 Å². The van der Waals surface area contributed by atoms with Crippen LogP contribution in [-0.2, 0) is 0 Å². The zero-order chi connectivity index (χ0) is 10.1. The van der Waals surface area contributed by atoms with Gasteiger partial charge in [0, 0.05) is 9.13 Å². The van der Waals surface area contributed by atoms with Gasteiger partial charge in [-0.05, 0) is 50.7 Å². The van der Waals surface area contributed by atoms with Crippen LogP contribution in [0.5, 0.6) is 0 Å². The molecule has 72 valence electrons. The fourth-order valence-electron chi connectivity index (χ4n) is 1.07. The third-order valence-corrected chi connectivity index (χ3v) is 3.25. The molecular formula is C9H6BrIN2O. The summed E-state index contributed by atoms with van der Waals surface area (Å²) in [5, 5.41) is 3.67. The molecule has 1 aromatic heterocycles. The molecule has 0 saturated carbocycles. The number of anilines is 1. The minimum absolute atomic E-state index is 0.374. The van der Waals surface area contributed by atoms with Crippen molar-refractivity contribution in [2.45, 2.75) is 0 Å². The summed E-state index contributed by atoms with van der Waals surface area (Å²) < 4.78 is 6.98. The van der Waals surface area contributed by atoms with E-state index in [1.54, 1.807) is 0 Å². The highest BCUT2D eigenvalue weighted by Crippen LogP contribution is 2.32. The van der Waals surface area contributed by atoms with Crippen molar-refractivity contribution in [1.29, 1.82) is 0 Å². The molecule has 3 nitrogen and oxygen atoms in total. The third-order valence-electron chi connectivity index (χ3n) is 1.77. The van der Waals surface area contributed by atoms with Crippen molar-refractivity contribution in [1.82, 2.24) is 5.16 Å². The Bertz CT molecular complexity index is 452. The number of benzene rings is 1. The van der Waals surface area contributed by atoms with Crippen LogP contribution in [-0.4, -0.2) is 5.16 Å². The highest BCUT2D eigenvalue weighted by Gasteiger charge is 2.12. The number of rotatable bonds is 1. The Morgan fingerprint density at radius 2 is 1.93 bits per heavy atom. The Kier molecular flexibility index (Phi) is 2.78. The Balaban J connectivity index is 2.49. The summed E-state index contributed by atoms with van der Waals surface area (Å²) >= 11 is 5.57. The van der Waals surface area contributed by atoms with E-state index in [4.69, 9.17) is 10.3 Å². The number of nitrogen functional groups attached to an aromatic ring is 1. The van der Waals surface area contributed by atoms with Gasteiger partial charge in [-0.1, -0.05) is 17.3 Å². The highest BCUT2D eigenvalue weighted by atomic mass is 127. The first kappa shape index (κ1) is 9.97. The van der Waals surface area contributed by atoms with E-state index in [1.165, 1.54) is 3.57 Å². The average Bonchev–Trinajstić information content (AvgIpc) is 2.50. The van der Waals surface area contributed by atoms with Crippen LogP contribution in [0.1, 0.15) is 0 Å². The van der Waals surface area contributed by atoms with Crippen molar-refractivity contribution in [3.05, 3.63) is 32.3 Å². The summed E-state index contributed by atoms with van der Waals surface area (Å²) in [5.41, 5.74) is 6.51. The van der Waals surface area contributed by atoms with E-state index in [2.05, 4.69) is 43.7 Å². The van der Waals surface area contributed by atoms with Gasteiger partial charge in [0.05, 0.1) is 0 Å². The molecular weight excluding hydrogens is 359 g/mol. The number of hydrogen-bond acceptors (Lipinski definition) is 3. The van der Waals surface area contributed by atoms with Crippen molar-refractivity contribution in [3.8, 4) is 11.3 Å². The largest absolute Gasteiger partial charge is 0.380 e. The van der Waals surface area contributed by atoms with E-state index < -0.39 is 0 Å². The lowest BCUT2D eigenvalue weighted by atomic mass is 10.2. The summed E-state index contributed by atoms with van der Waals surface area (Å²) in [6.07, 6.45) is 0. The monoisotopic (exact) mass is 364 g/mol. The number of nitrogens with two attached hydrogens (primary N) is 1. The molecule has 1 heterocycles. The Morgan fingerprint density at radius 3 is 2.43 bits per heavy atom. The van der Waals surface area contributed by atoms with Crippen LogP contribution in [0.3, 0.4) is 0 Å². The van der Waals surface area contributed by atoms with Crippen molar-refractivity contribution >= 4 is 44.3 Å². The predicted molar refractivity (Wildman–Crippen MR) is 66.8 cm³/mol. The minimum Gasteiger partial charge on any atom is -0.380 e. The molecule has 2 N–H and O–H groups in total. The molecule has 0 aliphatic carbocycles. The molecule has 0 bridgehead atoms. The standard InChI is InChI=1S/C9H6BrIN2O/c10-7-8(14-13-9(7)12)5-1-3-6(11)4-2-5/h1-4H,(H2,12,13). The van der Waals surface area contributed by atoms with Gasteiger partial charge in [0.15, 0.2) is 11.6 Å². The smallest absolute Gasteiger partial charge is 0.183 e. The maximum Gasteiger partial charge on any atom is 0.183 e. The molecule has 14 heavy (non-hydrogen) atoms. The molecule has 0 saturated heterocycles. The van der Waals surface area contributed by atoms with Crippen molar-refractivity contribution < 1.29 is 4.52 Å². The molecule has 0 aliphatic rings. The molecule has 0 fully saturated rings. The van der Waals surface area contributed by atoms with Gasteiger partial charge in [0.1, 0.15) is 4.47 Å². The molecule has 5 heteroatoms. The fraction of sp³-hybridized carbons (Fsp3) is 0. The van der Waals surface area contributed by atoms with Crippen molar-refractivity contribution in [2.75, 3.05) is 5.73 Å². The molecule has 0 aliphatic heterocycles. The van der Waals surface area contributed by atoms with E-state index in [0.717, 1.165) is 5.56 Å². The second kappa shape index (κ2) is 3.90. The lowest BCUT2D eigenvalue weighted by Gasteiger charge is -1.96. The normalized spacial score (nSPS) is 10.4. The van der Waals surface area contributed by atoms with Gasteiger partial charge in [-0.3, -0.25) is 0 Å². The van der Waals surface area contributed by atoms with Crippen LogP contribution in [0.15, 0.2) is 33.3 Å². The summed E-state index contributed by atoms with van der Waals surface area (Å²) in [6.45, 7) is 0. The van der Waals surface area contributed by atoms with Crippen LogP contribution in [0.4, 0.5) is 5.82 Å². The summed E-state index contributed by atoms with van der Waals surface area (Å²) in [4.78, 5) is 0. The van der Waals surface area contributed by atoms with E-state index >= 15 is 0 Å². The maximum absolute atomic E-state index is 5.55. The SMILES string of the molecule is Nc1noc(-c2ccc(I)cc2)c1Br. The lowest BCUT2D eigenvalue weighted by Crippen LogP contribution is -1.83. The second-order valence-electron chi connectivity index (χ2n) is 2.72. The Hall–Kier alpha value is -0.560. The first-order valence-electron chi connectivity index (χ1n) is 3.85. The number of aromatic nitrogens is 1. The van der Waals surface area contributed by atoms with Gasteiger partial charge in [0.25, 0.3) is 0 Å². The molecule has 2 rings (SSSR count). The topological polar surface area (TPSA) is 52.0 Å². The molecule has 2 aromatic rings. The van der Waals surface area contributed by atoms with Crippen molar-refractivity contribution in [3.63, 3.8) is 0 Å². The fourth-order valence-corrected chi connectivity index (χ4v) is 1.81. The predicted octanol–water partition coefficient (Wildman–Crippen LogP) is 3.29. The molecule has 0 atom stereocenters. The first-order chi connectivity index (χ1) is 6.68. The second-order valence-corrected chi connectivity index (χ2v) is 4.76. The number of hydrogen-bond donors (Lipinski definition) is 1. The molecule has 0 spiro atoms. The van der Waals surface area contributed by atoms with Crippen LogP contribution < -0.4 is 5.73 Å². The summed E-state index contributed by atoms with van der Waals surface area (Å²) in [7, 11) is 0. The van der Waals surface area contributed by atoms with Crippen LogP contribution in [0, 0.1) is 3.57 Å². The van der Waals surface area contributed by atoms with Gasteiger partial charge < -0.3 is 10.3 Å². The van der Waals surface area contributed by atoms with Crippen LogP contribution >= 0.6 is 38.5 Å². The third kappa shape index (κ3) is 1.78. The van der Waals surface area contributed by atoms with Crippen LogP contribution in [0.25, 0.3) is 11.3 Å². The quantitative estimate of drug-likeness (QED) is 0.790. The molecule has 1 aromatic carbocycles. The van der Waals surface area contributed by atoms with Gasteiger partial charge in [-0.25, -0.2) is 0 Å². The summed E-state index contributed by atoms with van der Waals surface area (Å²) in [6, 6.07) is 7.93. The number of nitrogens with zero attached hydrogens (tertiary/aromatic N) is 1. The van der Waals surface area contributed by atoms with E-state index in [9.17, 15) is 0 Å².